The van der Waals surface area contributed by atoms with Gasteiger partial charge in [-0.2, -0.15) is 5.10 Å². The summed E-state index contributed by atoms with van der Waals surface area (Å²) in [5, 5.41) is 4.45. The summed E-state index contributed by atoms with van der Waals surface area (Å²) in [6.07, 6.45) is 3.58. The molecule has 0 aromatic carbocycles. The van der Waals surface area contributed by atoms with Crippen molar-refractivity contribution in [2.24, 2.45) is 0 Å². The van der Waals surface area contributed by atoms with Gasteiger partial charge in [-0.1, -0.05) is 0 Å². The quantitative estimate of drug-likeness (QED) is 0.921. The van der Waals surface area contributed by atoms with E-state index < -0.39 is 0 Å². The molecule has 0 unspecified atom stereocenters. The van der Waals surface area contributed by atoms with E-state index in [-0.39, 0.29) is 22.9 Å². The van der Waals surface area contributed by atoms with Gasteiger partial charge in [0.05, 0.1) is 6.04 Å². The highest BCUT2D eigenvalue weighted by Gasteiger charge is 2.26. The van der Waals surface area contributed by atoms with Crippen LogP contribution in [0.4, 0.5) is 5.82 Å². The smallest absolute Gasteiger partial charge is 0.289 e. The molecule has 2 aromatic rings. The number of anilines is 1. The Hall–Kier alpha value is -1.95. The lowest BCUT2D eigenvalue weighted by atomic mass is 10.1. The summed E-state index contributed by atoms with van der Waals surface area (Å²) in [6, 6.07) is 5.25. The minimum atomic E-state index is -0.115. The molecule has 3 rings (SSSR count). The zero-order valence-electron chi connectivity index (χ0n) is 10.8. The molecule has 1 amide bonds. The van der Waals surface area contributed by atoms with E-state index in [1.54, 1.807) is 23.1 Å². The maximum Gasteiger partial charge on any atom is 0.289 e. The molecule has 0 saturated carbocycles. The average molecular weight is 295 g/mol. The second-order valence-corrected chi connectivity index (χ2v) is 5.22. The monoisotopic (exact) mass is 294 g/mol. The highest BCUT2D eigenvalue weighted by Crippen LogP contribution is 2.24. The number of carbonyl (C=O) groups excluding carboxylic acids is 1. The molecule has 7 heteroatoms. The van der Waals surface area contributed by atoms with Crippen LogP contribution in [-0.4, -0.2) is 33.7 Å². The number of carbonyl (C=O) groups is 1. The number of rotatable bonds is 2. The van der Waals surface area contributed by atoms with Crippen molar-refractivity contribution >= 4 is 23.3 Å². The van der Waals surface area contributed by atoms with Crippen LogP contribution in [0.15, 0.2) is 28.8 Å². The number of piperidine rings is 1. The number of hydrogen-bond donors (Lipinski definition) is 1. The van der Waals surface area contributed by atoms with E-state index in [9.17, 15) is 4.79 Å². The van der Waals surface area contributed by atoms with E-state index in [1.807, 2.05) is 10.9 Å². The second kappa shape index (κ2) is 5.20. The maximum absolute atomic E-state index is 12.2. The fourth-order valence-corrected chi connectivity index (χ4v) is 2.62. The molecular formula is C13H15ClN4O2. The van der Waals surface area contributed by atoms with Gasteiger partial charge < -0.3 is 15.1 Å². The van der Waals surface area contributed by atoms with Crippen LogP contribution in [0.2, 0.25) is 5.22 Å². The molecule has 106 valence electrons. The number of nitrogens with zero attached hydrogens (tertiary/aromatic N) is 3. The van der Waals surface area contributed by atoms with E-state index >= 15 is 0 Å². The van der Waals surface area contributed by atoms with Crippen molar-refractivity contribution in [3.05, 3.63) is 35.4 Å². The number of aromatic nitrogens is 2. The Morgan fingerprint density at radius 3 is 2.65 bits per heavy atom. The molecule has 2 N–H and O–H groups in total. The summed E-state index contributed by atoms with van der Waals surface area (Å²) in [7, 11) is 0. The van der Waals surface area contributed by atoms with Crippen molar-refractivity contribution < 1.29 is 9.21 Å². The van der Waals surface area contributed by atoms with Gasteiger partial charge in [-0.3, -0.25) is 9.48 Å². The van der Waals surface area contributed by atoms with Gasteiger partial charge in [0.15, 0.2) is 11.0 Å². The lowest BCUT2D eigenvalue weighted by molar-refractivity contribution is 0.0658. The minimum absolute atomic E-state index is 0.115. The zero-order valence-corrected chi connectivity index (χ0v) is 11.6. The van der Waals surface area contributed by atoms with Crippen LogP contribution in [0, 0.1) is 0 Å². The molecule has 0 spiro atoms. The van der Waals surface area contributed by atoms with E-state index in [1.165, 1.54) is 0 Å². The highest BCUT2D eigenvalue weighted by atomic mass is 35.5. The first-order valence-electron chi connectivity index (χ1n) is 6.49. The SMILES string of the molecule is Nc1ccn(C2CCN(C(=O)c3ccc(Cl)o3)CC2)n1. The van der Waals surface area contributed by atoms with E-state index in [4.69, 9.17) is 21.8 Å². The molecule has 3 heterocycles. The number of likely N-dealkylation sites (tertiary alicyclic amines) is 1. The van der Waals surface area contributed by atoms with Gasteiger partial charge in [0.1, 0.15) is 5.82 Å². The minimum Gasteiger partial charge on any atom is -0.440 e. The fourth-order valence-electron chi connectivity index (χ4n) is 2.47. The molecule has 6 nitrogen and oxygen atoms in total. The van der Waals surface area contributed by atoms with E-state index in [0.29, 0.717) is 18.9 Å². The molecule has 20 heavy (non-hydrogen) atoms. The number of hydrogen-bond acceptors (Lipinski definition) is 4. The Balaban J connectivity index is 1.62. The fraction of sp³-hybridized carbons (Fsp3) is 0.385. The van der Waals surface area contributed by atoms with Gasteiger partial charge in [0.2, 0.25) is 0 Å². The molecular weight excluding hydrogens is 280 g/mol. The first kappa shape index (κ1) is 13.1. The standard InChI is InChI=1S/C13H15ClN4O2/c14-11-2-1-10(20-11)13(19)17-6-3-9(4-7-17)18-8-5-12(15)16-18/h1-2,5,8-9H,3-4,6-7H2,(H2,15,16). The Morgan fingerprint density at radius 2 is 2.10 bits per heavy atom. The first-order chi connectivity index (χ1) is 9.63. The molecule has 2 aromatic heterocycles. The van der Waals surface area contributed by atoms with Gasteiger partial charge in [0.25, 0.3) is 5.91 Å². The molecule has 0 radical (unpaired) electrons. The summed E-state index contributed by atoms with van der Waals surface area (Å²) in [4.78, 5) is 14.0. The van der Waals surface area contributed by atoms with Crippen LogP contribution in [0.5, 0.6) is 0 Å². The number of nitrogen functional groups attached to an aromatic ring is 1. The third-order valence-corrected chi connectivity index (χ3v) is 3.74. The van der Waals surface area contributed by atoms with Gasteiger partial charge >= 0.3 is 0 Å². The number of halogens is 1. The molecule has 1 aliphatic heterocycles. The van der Waals surface area contributed by atoms with Crippen LogP contribution in [0.1, 0.15) is 29.4 Å². The normalized spacial score (nSPS) is 16.6. The van der Waals surface area contributed by atoms with Crippen molar-refractivity contribution in [3.8, 4) is 0 Å². The van der Waals surface area contributed by atoms with Crippen molar-refractivity contribution in [1.82, 2.24) is 14.7 Å². The van der Waals surface area contributed by atoms with Crippen LogP contribution in [-0.2, 0) is 0 Å². The number of amides is 1. The zero-order chi connectivity index (χ0) is 14.1. The molecule has 0 bridgehead atoms. The second-order valence-electron chi connectivity index (χ2n) is 4.85. The van der Waals surface area contributed by atoms with Crippen molar-refractivity contribution in [1.29, 1.82) is 0 Å². The van der Waals surface area contributed by atoms with Crippen LogP contribution in [0.25, 0.3) is 0 Å². The number of furan rings is 1. The summed E-state index contributed by atoms with van der Waals surface area (Å²) in [5.41, 5.74) is 5.62. The van der Waals surface area contributed by atoms with Crippen LogP contribution < -0.4 is 5.73 Å². The van der Waals surface area contributed by atoms with Gasteiger partial charge in [-0.15, -0.1) is 0 Å². The third kappa shape index (κ3) is 2.51. The van der Waals surface area contributed by atoms with Gasteiger partial charge in [-0.05, 0) is 42.6 Å². The summed E-state index contributed by atoms with van der Waals surface area (Å²) < 4.78 is 7.03. The van der Waals surface area contributed by atoms with Crippen molar-refractivity contribution in [2.45, 2.75) is 18.9 Å². The first-order valence-corrected chi connectivity index (χ1v) is 6.86. The van der Waals surface area contributed by atoms with Crippen LogP contribution >= 0.6 is 11.6 Å². The highest BCUT2D eigenvalue weighted by molar-refractivity contribution is 6.29. The predicted molar refractivity (Wildman–Crippen MR) is 74.5 cm³/mol. The molecule has 0 aliphatic carbocycles. The van der Waals surface area contributed by atoms with Crippen LogP contribution in [0.3, 0.4) is 0 Å². The predicted octanol–water partition coefficient (Wildman–Crippen LogP) is 2.19. The summed E-state index contributed by atoms with van der Waals surface area (Å²) >= 11 is 5.69. The summed E-state index contributed by atoms with van der Waals surface area (Å²) in [6.45, 7) is 1.34. The number of nitrogens with two attached hydrogens (primary N) is 1. The Kier molecular flexibility index (Phi) is 3.40. The van der Waals surface area contributed by atoms with Gasteiger partial charge in [-0.25, -0.2) is 0 Å². The van der Waals surface area contributed by atoms with Gasteiger partial charge in [0, 0.05) is 19.3 Å². The van der Waals surface area contributed by atoms with Crippen molar-refractivity contribution in [2.75, 3.05) is 18.8 Å². The third-order valence-electron chi connectivity index (χ3n) is 3.54. The van der Waals surface area contributed by atoms with Crippen molar-refractivity contribution in [3.63, 3.8) is 0 Å². The lowest BCUT2D eigenvalue weighted by Gasteiger charge is -2.31. The van der Waals surface area contributed by atoms with E-state index in [0.717, 1.165) is 12.8 Å². The summed E-state index contributed by atoms with van der Waals surface area (Å²) in [5.74, 6) is 0.695. The topological polar surface area (TPSA) is 77.3 Å². The Labute approximate surface area is 121 Å². The average Bonchev–Trinajstić information content (AvgIpc) is 3.07. The molecule has 1 aliphatic rings. The lowest BCUT2D eigenvalue weighted by Crippen LogP contribution is -2.39. The van der Waals surface area contributed by atoms with E-state index in [2.05, 4.69) is 5.10 Å². The molecule has 1 saturated heterocycles. The maximum atomic E-state index is 12.2. The molecule has 0 atom stereocenters. The molecule has 1 fully saturated rings. The largest absolute Gasteiger partial charge is 0.440 e. The Morgan fingerprint density at radius 1 is 1.35 bits per heavy atom. The Bertz CT molecular complexity index is 613.